The number of thioether (sulfide) groups is 1. The predicted molar refractivity (Wildman–Crippen MR) is 88.0 cm³/mol. The van der Waals surface area contributed by atoms with Crippen molar-refractivity contribution >= 4 is 20.1 Å². The Bertz CT molecular complexity index is 588. The second-order valence-electron chi connectivity index (χ2n) is 6.89. The van der Waals surface area contributed by atoms with Gasteiger partial charge in [0.25, 0.3) is 0 Å². The molecule has 0 amide bonds. The summed E-state index contributed by atoms with van der Waals surface area (Å²) in [5, 5.41) is 0.138. The minimum absolute atomic E-state index is 0.138. The van der Waals surface area contributed by atoms with Crippen LogP contribution >= 0.6 is 11.8 Å². The van der Waals surface area contributed by atoms with Crippen molar-refractivity contribution in [2.24, 2.45) is 0 Å². The third-order valence-electron chi connectivity index (χ3n) is 4.21. The lowest BCUT2D eigenvalue weighted by Gasteiger charge is -2.36. The summed E-state index contributed by atoms with van der Waals surface area (Å²) in [4.78, 5) is 15.2. The molecule has 1 saturated heterocycles. The lowest BCUT2D eigenvalue weighted by Crippen LogP contribution is -2.42. The molecule has 0 saturated carbocycles. The van der Waals surface area contributed by atoms with Crippen molar-refractivity contribution in [1.29, 1.82) is 0 Å². The van der Waals surface area contributed by atoms with Crippen LogP contribution in [0.25, 0.3) is 0 Å². The van der Waals surface area contributed by atoms with E-state index in [1.165, 1.54) is 4.57 Å². The van der Waals surface area contributed by atoms with Crippen molar-refractivity contribution in [3.8, 4) is 0 Å². The van der Waals surface area contributed by atoms with Crippen molar-refractivity contribution in [1.82, 2.24) is 9.55 Å². The van der Waals surface area contributed by atoms with E-state index in [-0.39, 0.29) is 10.5 Å². The highest BCUT2D eigenvalue weighted by Gasteiger charge is 2.39. The smallest absolute Gasteiger partial charge is 0.349 e. The maximum absolute atomic E-state index is 13.2. The summed E-state index contributed by atoms with van der Waals surface area (Å²) in [6.07, 6.45) is 1.56. The number of aromatic nitrogens is 2. The van der Waals surface area contributed by atoms with Crippen molar-refractivity contribution in [3.63, 3.8) is 0 Å². The highest BCUT2D eigenvalue weighted by molar-refractivity contribution is 8.00. The van der Waals surface area contributed by atoms with Gasteiger partial charge in [-0.15, -0.1) is 11.8 Å². The molecule has 0 N–H and O–H groups in total. The molecule has 0 unspecified atom stereocenters. The zero-order chi connectivity index (χ0) is 16.5. The van der Waals surface area contributed by atoms with Gasteiger partial charge in [0.1, 0.15) is 11.7 Å². The molecule has 0 radical (unpaired) electrons. The van der Waals surface area contributed by atoms with Gasteiger partial charge >= 0.3 is 5.69 Å². The Morgan fingerprint density at radius 2 is 2.23 bits per heavy atom. The van der Waals surface area contributed by atoms with Crippen LogP contribution in [0.15, 0.2) is 17.2 Å². The molecule has 8 heteroatoms. The van der Waals surface area contributed by atoms with Crippen molar-refractivity contribution in [2.45, 2.75) is 50.6 Å². The SMILES string of the molecule is CC(C)(C)[Si](C)(C)OC[C@@H]1O[C@H](n2cc(F)cnc2=O)CS1. The maximum atomic E-state index is 13.2. The van der Waals surface area contributed by atoms with Gasteiger partial charge in [-0.05, 0) is 18.1 Å². The standard InChI is InChI=1S/C14H23FN2O3SSi/c1-14(2,3)22(4,5)19-8-12-20-11(9-21-12)17-7-10(15)6-16-13(17)18/h6-7,11-12H,8-9H2,1-5H3/t11-,12+/m0/s1. The van der Waals surface area contributed by atoms with Crippen LogP contribution in [0.1, 0.15) is 27.0 Å². The number of nitrogens with zero attached hydrogens (tertiary/aromatic N) is 2. The van der Waals surface area contributed by atoms with Crippen molar-refractivity contribution in [3.05, 3.63) is 28.7 Å². The first-order valence-electron chi connectivity index (χ1n) is 7.25. The number of halogens is 1. The van der Waals surface area contributed by atoms with Crippen LogP contribution in [0, 0.1) is 5.82 Å². The summed E-state index contributed by atoms with van der Waals surface area (Å²) in [5.74, 6) is 0.0329. The predicted octanol–water partition coefficient (Wildman–Crippen LogP) is 2.99. The Hall–Kier alpha value is -0.703. The zero-order valence-electron chi connectivity index (χ0n) is 13.6. The molecule has 1 fully saturated rings. The van der Waals surface area contributed by atoms with Gasteiger partial charge in [0.05, 0.1) is 12.8 Å². The van der Waals surface area contributed by atoms with Gasteiger partial charge in [-0.3, -0.25) is 4.57 Å². The molecule has 2 heterocycles. The van der Waals surface area contributed by atoms with Gasteiger partial charge in [0.2, 0.25) is 0 Å². The van der Waals surface area contributed by atoms with Gasteiger partial charge in [0.15, 0.2) is 14.1 Å². The van der Waals surface area contributed by atoms with Gasteiger partial charge in [-0.25, -0.2) is 9.18 Å². The molecule has 5 nitrogen and oxygen atoms in total. The normalized spacial score (nSPS) is 23.0. The van der Waals surface area contributed by atoms with Crippen LogP contribution in [0.5, 0.6) is 0 Å². The molecule has 0 spiro atoms. The van der Waals surface area contributed by atoms with E-state index in [1.54, 1.807) is 11.8 Å². The van der Waals surface area contributed by atoms with E-state index < -0.39 is 26.1 Å². The van der Waals surface area contributed by atoms with Gasteiger partial charge in [0, 0.05) is 11.9 Å². The van der Waals surface area contributed by atoms with E-state index in [4.69, 9.17) is 9.16 Å². The highest BCUT2D eigenvalue weighted by atomic mass is 32.2. The summed E-state index contributed by atoms with van der Waals surface area (Å²) in [6, 6.07) is 0. The number of hydrogen-bond acceptors (Lipinski definition) is 5. The molecule has 22 heavy (non-hydrogen) atoms. The molecule has 1 aliphatic heterocycles. The van der Waals surface area contributed by atoms with Crippen LogP contribution in [0.4, 0.5) is 4.39 Å². The molecule has 2 rings (SSSR count). The third-order valence-corrected chi connectivity index (χ3v) is 9.81. The first-order chi connectivity index (χ1) is 10.1. The molecule has 1 aliphatic rings. The average Bonchev–Trinajstić information content (AvgIpc) is 2.87. The Labute approximate surface area is 135 Å². The van der Waals surface area contributed by atoms with E-state index >= 15 is 0 Å². The summed E-state index contributed by atoms with van der Waals surface area (Å²) in [6.45, 7) is 11.4. The van der Waals surface area contributed by atoms with E-state index in [0.29, 0.717) is 12.4 Å². The van der Waals surface area contributed by atoms with Crippen LogP contribution in [0.3, 0.4) is 0 Å². The monoisotopic (exact) mass is 346 g/mol. The fraction of sp³-hybridized carbons (Fsp3) is 0.714. The number of rotatable bonds is 4. The largest absolute Gasteiger partial charge is 0.413 e. The van der Waals surface area contributed by atoms with Crippen LogP contribution in [-0.4, -0.2) is 35.7 Å². The maximum Gasteiger partial charge on any atom is 0.349 e. The van der Waals surface area contributed by atoms with E-state index in [9.17, 15) is 9.18 Å². The fourth-order valence-corrected chi connectivity index (χ4v) is 3.89. The van der Waals surface area contributed by atoms with Gasteiger partial charge < -0.3 is 9.16 Å². The molecule has 1 aromatic heterocycles. The summed E-state index contributed by atoms with van der Waals surface area (Å²) < 4.78 is 26.4. The Balaban J connectivity index is 1.96. The molecule has 124 valence electrons. The first-order valence-corrected chi connectivity index (χ1v) is 11.2. The van der Waals surface area contributed by atoms with Crippen molar-refractivity contribution < 1.29 is 13.6 Å². The lowest BCUT2D eigenvalue weighted by atomic mass is 10.2. The van der Waals surface area contributed by atoms with Crippen LogP contribution in [-0.2, 0) is 9.16 Å². The van der Waals surface area contributed by atoms with Crippen LogP contribution in [0.2, 0.25) is 18.1 Å². The summed E-state index contributed by atoms with van der Waals surface area (Å²) in [5.41, 5.74) is -0.646. The third kappa shape index (κ3) is 3.98. The number of hydrogen-bond donors (Lipinski definition) is 0. The molecule has 0 bridgehead atoms. The molecule has 0 aromatic carbocycles. The second-order valence-corrected chi connectivity index (χ2v) is 12.9. The van der Waals surface area contributed by atoms with Gasteiger partial charge in [-0.1, -0.05) is 20.8 Å². The second kappa shape index (κ2) is 6.43. The molecular weight excluding hydrogens is 323 g/mol. The average molecular weight is 347 g/mol. The molecular formula is C14H23FN2O3SSi. The van der Waals surface area contributed by atoms with Crippen LogP contribution < -0.4 is 5.69 Å². The molecule has 0 aliphatic carbocycles. The molecule has 1 aromatic rings. The van der Waals surface area contributed by atoms with Gasteiger partial charge in [-0.2, -0.15) is 4.98 Å². The Morgan fingerprint density at radius 1 is 1.55 bits per heavy atom. The molecule has 2 atom stereocenters. The number of ether oxygens (including phenoxy) is 1. The van der Waals surface area contributed by atoms with Crippen molar-refractivity contribution in [2.75, 3.05) is 12.4 Å². The first kappa shape index (κ1) is 17.6. The Kier molecular flexibility index (Phi) is 5.15. The zero-order valence-corrected chi connectivity index (χ0v) is 15.4. The quantitative estimate of drug-likeness (QED) is 0.785. The highest BCUT2D eigenvalue weighted by Crippen LogP contribution is 2.38. The lowest BCUT2D eigenvalue weighted by molar-refractivity contribution is -0.00466. The van der Waals surface area contributed by atoms with E-state index in [2.05, 4.69) is 38.8 Å². The summed E-state index contributed by atoms with van der Waals surface area (Å²) in [7, 11) is -1.83. The minimum atomic E-state index is -1.83. The fourth-order valence-electron chi connectivity index (χ4n) is 1.78. The van der Waals surface area contributed by atoms with E-state index in [1.807, 2.05) is 0 Å². The summed E-state index contributed by atoms with van der Waals surface area (Å²) >= 11 is 1.58. The Morgan fingerprint density at radius 3 is 2.86 bits per heavy atom. The minimum Gasteiger partial charge on any atom is -0.413 e. The van der Waals surface area contributed by atoms with E-state index in [0.717, 1.165) is 12.4 Å². The topological polar surface area (TPSA) is 53.4 Å².